The SMILES string of the molecule is CCOC(=O)c1cn(C[B-](F)(F)F)nn1.[K+]. The Labute approximate surface area is 132 Å². The molecule has 0 atom stereocenters. The number of nitrogens with zero attached hydrogens (tertiary/aromatic N) is 3. The molecule has 0 N–H and O–H groups in total. The fourth-order valence-corrected chi connectivity index (χ4v) is 0.898. The van der Waals surface area contributed by atoms with Gasteiger partial charge in [-0.25, -0.2) is 4.79 Å². The van der Waals surface area contributed by atoms with Gasteiger partial charge < -0.3 is 17.7 Å². The summed E-state index contributed by atoms with van der Waals surface area (Å²) in [7, 11) is 0. The molecule has 1 aromatic heterocycles. The summed E-state index contributed by atoms with van der Waals surface area (Å²) in [6, 6.07) is 0. The summed E-state index contributed by atoms with van der Waals surface area (Å²) in [4.78, 5) is 11.0. The van der Waals surface area contributed by atoms with Crippen molar-refractivity contribution in [3.63, 3.8) is 0 Å². The van der Waals surface area contributed by atoms with E-state index in [2.05, 4.69) is 15.0 Å². The first kappa shape index (κ1) is 16.1. The van der Waals surface area contributed by atoms with Crippen molar-refractivity contribution in [1.82, 2.24) is 15.0 Å². The fourth-order valence-electron chi connectivity index (χ4n) is 0.898. The number of aromatic nitrogens is 3. The molecular formula is C6H8BF3KN3O2. The van der Waals surface area contributed by atoms with E-state index in [0.717, 1.165) is 6.20 Å². The van der Waals surface area contributed by atoms with E-state index in [1.807, 2.05) is 0 Å². The average Bonchev–Trinajstić information content (AvgIpc) is 2.50. The molecule has 0 aliphatic carbocycles. The normalized spacial score (nSPS) is 10.8. The van der Waals surface area contributed by atoms with Gasteiger partial charge in [0, 0.05) is 6.44 Å². The van der Waals surface area contributed by atoms with Gasteiger partial charge in [-0.3, -0.25) is 4.68 Å². The number of esters is 1. The number of hydrogen-bond donors (Lipinski definition) is 0. The van der Waals surface area contributed by atoms with E-state index in [0.29, 0.717) is 4.68 Å². The van der Waals surface area contributed by atoms with Crippen molar-refractivity contribution < 1.29 is 73.9 Å². The molecule has 0 radical (unpaired) electrons. The second-order valence-corrected chi connectivity index (χ2v) is 2.76. The maximum Gasteiger partial charge on any atom is 1.00 e. The number of ether oxygens (including phenoxy) is 1. The summed E-state index contributed by atoms with van der Waals surface area (Å²) >= 11 is 0. The zero-order valence-corrected chi connectivity index (χ0v) is 12.0. The van der Waals surface area contributed by atoms with Gasteiger partial charge in [0.05, 0.1) is 12.8 Å². The van der Waals surface area contributed by atoms with Crippen LogP contribution in [-0.4, -0.2) is 34.5 Å². The van der Waals surface area contributed by atoms with Crippen LogP contribution in [0.1, 0.15) is 17.4 Å². The fraction of sp³-hybridized carbons (Fsp3) is 0.500. The van der Waals surface area contributed by atoms with Crippen molar-refractivity contribution in [3.05, 3.63) is 11.9 Å². The molecule has 1 heterocycles. The minimum atomic E-state index is -4.99. The molecule has 1 aromatic rings. The number of rotatable bonds is 4. The molecule has 84 valence electrons. The molecule has 0 amide bonds. The third-order valence-electron chi connectivity index (χ3n) is 1.42. The van der Waals surface area contributed by atoms with E-state index in [9.17, 15) is 17.7 Å². The van der Waals surface area contributed by atoms with Crippen molar-refractivity contribution in [3.8, 4) is 0 Å². The van der Waals surface area contributed by atoms with Gasteiger partial charge in [-0.15, -0.1) is 5.10 Å². The molecule has 16 heavy (non-hydrogen) atoms. The summed E-state index contributed by atoms with van der Waals surface area (Å²) in [5, 5.41) is 6.43. The maximum absolute atomic E-state index is 12.0. The van der Waals surface area contributed by atoms with Gasteiger partial charge in [-0.05, 0) is 6.92 Å². The summed E-state index contributed by atoms with van der Waals surface area (Å²) < 4.78 is 41.0. The van der Waals surface area contributed by atoms with Crippen molar-refractivity contribution >= 4 is 12.9 Å². The van der Waals surface area contributed by atoms with Crippen LogP contribution in [0, 0.1) is 0 Å². The monoisotopic (exact) mass is 261 g/mol. The maximum atomic E-state index is 12.0. The third-order valence-corrected chi connectivity index (χ3v) is 1.42. The van der Waals surface area contributed by atoms with Gasteiger partial charge in [-0.1, -0.05) is 5.21 Å². The first-order valence-electron chi connectivity index (χ1n) is 4.20. The molecule has 0 saturated heterocycles. The summed E-state index contributed by atoms with van der Waals surface area (Å²) in [6.07, 6.45) is -0.306. The molecule has 0 aliphatic heterocycles. The van der Waals surface area contributed by atoms with Crippen LogP contribution in [0.15, 0.2) is 6.20 Å². The molecule has 0 spiro atoms. The zero-order valence-electron chi connectivity index (χ0n) is 8.86. The van der Waals surface area contributed by atoms with Crippen molar-refractivity contribution in [2.75, 3.05) is 6.61 Å². The smallest absolute Gasteiger partial charge is 0.461 e. The third kappa shape index (κ3) is 5.44. The largest absolute Gasteiger partial charge is 1.00 e. The Balaban J connectivity index is 0.00000225. The molecule has 0 saturated carbocycles. The first-order chi connectivity index (χ1) is 6.92. The Bertz CT molecular complexity index is 357. The minimum absolute atomic E-state index is 0. The quantitative estimate of drug-likeness (QED) is 0.458. The molecule has 1 rings (SSSR count). The number of carbonyl (C=O) groups is 1. The van der Waals surface area contributed by atoms with Gasteiger partial charge in [0.1, 0.15) is 0 Å². The van der Waals surface area contributed by atoms with Gasteiger partial charge in [-0.2, -0.15) is 0 Å². The Morgan fingerprint density at radius 3 is 2.69 bits per heavy atom. The Hall–Kier alpha value is 0.101. The van der Waals surface area contributed by atoms with Crippen LogP contribution in [0.3, 0.4) is 0 Å². The van der Waals surface area contributed by atoms with E-state index < -0.39 is 19.4 Å². The van der Waals surface area contributed by atoms with E-state index in [1.54, 1.807) is 6.92 Å². The predicted octanol–water partition coefficient (Wildman–Crippen LogP) is -2.15. The van der Waals surface area contributed by atoms with Crippen LogP contribution in [0.5, 0.6) is 0 Å². The van der Waals surface area contributed by atoms with Crippen LogP contribution >= 0.6 is 0 Å². The zero-order chi connectivity index (χ0) is 11.5. The van der Waals surface area contributed by atoms with Crippen molar-refractivity contribution in [1.29, 1.82) is 0 Å². The average molecular weight is 261 g/mol. The molecule has 0 fully saturated rings. The van der Waals surface area contributed by atoms with Gasteiger partial charge in [0.25, 0.3) is 0 Å². The Morgan fingerprint density at radius 2 is 2.19 bits per heavy atom. The summed E-state index contributed by atoms with van der Waals surface area (Å²) in [5.74, 6) is -0.779. The molecule has 0 aliphatic rings. The van der Waals surface area contributed by atoms with Crippen LogP contribution in [0.25, 0.3) is 0 Å². The predicted molar refractivity (Wildman–Crippen MR) is 45.1 cm³/mol. The molecule has 0 aromatic carbocycles. The Morgan fingerprint density at radius 1 is 1.56 bits per heavy atom. The minimum Gasteiger partial charge on any atom is -0.461 e. The first-order valence-corrected chi connectivity index (χ1v) is 4.20. The summed E-state index contributed by atoms with van der Waals surface area (Å²) in [5.41, 5.74) is -0.225. The van der Waals surface area contributed by atoms with E-state index >= 15 is 0 Å². The molecule has 10 heteroatoms. The molecule has 0 unspecified atom stereocenters. The topological polar surface area (TPSA) is 57.0 Å². The van der Waals surface area contributed by atoms with E-state index in [-0.39, 0.29) is 63.7 Å². The number of hydrogen-bond acceptors (Lipinski definition) is 4. The van der Waals surface area contributed by atoms with E-state index in [4.69, 9.17) is 0 Å². The van der Waals surface area contributed by atoms with Crippen molar-refractivity contribution in [2.45, 2.75) is 13.4 Å². The standard InChI is InChI=1S/C6H8BF3N3O2.K/c1-2-15-6(14)5-3-13(12-11-5)4-7(8,9)10;/h3H,2,4H2,1H3;/q-1;+1. The molecule has 0 bridgehead atoms. The van der Waals surface area contributed by atoms with Gasteiger partial charge in [0.2, 0.25) is 0 Å². The van der Waals surface area contributed by atoms with Crippen LogP contribution in [0.4, 0.5) is 12.9 Å². The van der Waals surface area contributed by atoms with E-state index in [1.165, 1.54) is 0 Å². The molecule has 5 nitrogen and oxygen atoms in total. The van der Waals surface area contributed by atoms with Gasteiger partial charge in [0.15, 0.2) is 5.69 Å². The van der Waals surface area contributed by atoms with Gasteiger partial charge >= 0.3 is 64.3 Å². The second-order valence-electron chi connectivity index (χ2n) is 2.76. The van der Waals surface area contributed by atoms with Crippen LogP contribution in [-0.2, 0) is 11.2 Å². The summed E-state index contributed by atoms with van der Waals surface area (Å²) in [6.45, 7) is -3.27. The molecular weight excluding hydrogens is 253 g/mol. The van der Waals surface area contributed by atoms with Crippen molar-refractivity contribution in [2.24, 2.45) is 0 Å². The van der Waals surface area contributed by atoms with Crippen LogP contribution < -0.4 is 51.4 Å². The Kier molecular flexibility index (Phi) is 6.79. The second kappa shape index (κ2) is 6.74. The number of carbonyl (C=O) groups excluding carboxylic acids is 1. The van der Waals surface area contributed by atoms with Crippen LogP contribution in [0.2, 0.25) is 0 Å². The number of halogens is 3.